The van der Waals surface area contributed by atoms with Crippen LogP contribution in [-0.4, -0.2) is 25.4 Å². The molecular weight excluding hydrogens is 270 g/mol. The van der Waals surface area contributed by atoms with Crippen molar-refractivity contribution in [1.29, 1.82) is 0 Å². The van der Waals surface area contributed by atoms with Crippen molar-refractivity contribution in [3.63, 3.8) is 0 Å². The van der Waals surface area contributed by atoms with Gasteiger partial charge in [-0.3, -0.25) is 4.79 Å². The van der Waals surface area contributed by atoms with Crippen molar-refractivity contribution in [2.24, 2.45) is 5.73 Å². The topological polar surface area (TPSA) is 107 Å². The highest BCUT2D eigenvalue weighted by Gasteiger charge is 2.18. The van der Waals surface area contributed by atoms with Gasteiger partial charge < -0.3 is 10.7 Å². The van der Waals surface area contributed by atoms with Crippen LogP contribution in [0, 0.1) is 13.8 Å². The van der Waals surface area contributed by atoms with Gasteiger partial charge in [0, 0.05) is 0 Å². The van der Waals surface area contributed by atoms with Crippen LogP contribution in [0.2, 0.25) is 0 Å². The summed E-state index contributed by atoms with van der Waals surface area (Å²) in [6.45, 7) is 3.57. The zero-order chi connectivity index (χ0) is 15.1. The number of imidazole rings is 1. The number of nitrogens with zero attached hydrogens (tertiary/aromatic N) is 3. The number of aryl methyl sites for hydroxylation is 2. The number of amides is 1. The Kier molecular flexibility index (Phi) is 2.83. The van der Waals surface area contributed by atoms with Crippen LogP contribution >= 0.6 is 0 Å². The third-order valence-electron chi connectivity index (χ3n) is 3.14. The Morgan fingerprint density at radius 2 is 2.05 bits per heavy atom. The highest BCUT2D eigenvalue weighted by Crippen LogP contribution is 2.17. The first-order valence-electron chi connectivity index (χ1n) is 6.33. The predicted octanol–water partition coefficient (Wildman–Crippen LogP) is 0.825. The highest BCUT2D eigenvalue weighted by atomic mass is 16.2. The van der Waals surface area contributed by atoms with Gasteiger partial charge in [0.15, 0.2) is 11.3 Å². The number of rotatable bonds is 2. The Hall–Kier alpha value is -2.96. The molecule has 0 fully saturated rings. The molecule has 106 valence electrons. The Morgan fingerprint density at radius 3 is 2.71 bits per heavy atom. The van der Waals surface area contributed by atoms with Gasteiger partial charge >= 0.3 is 5.69 Å². The van der Waals surface area contributed by atoms with Crippen molar-refractivity contribution in [3.05, 3.63) is 51.8 Å². The minimum absolute atomic E-state index is 0.0148. The van der Waals surface area contributed by atoms with E-state index in [-0.39, 0.29) is 11.2 Å². The second-order valence-electron chi connectivity index (χ2n) is 4.79. The SMILES string of the molecule is Cc1cccc(-n2c(=O)[nH]c3c(C(N)=O)nc(C)nc32)c1. The number of hydrogen-bond acceptors (Lipinski definition) is 4. The van der Waals surface area contributed by atoms with Gasteiger partial charge in [-0.15, -0.1) is 0 Å². The lowest BCUT2D eigenvalue weighted by Crippen LogP contribution is -2.15. The van der Waals surface area contributed by atoms with Crippen molar-refractivity contribution >= 4 is 17.1 Å². The molecular formula is C14H13N5O2. The molecule has 0 aliphatic heterocycles. The number of primary amides is 1. The van der Waals surface area contributed by atoms with Crippen LogP contribution < -0.4 is 11.4 Å². The van der Waals surface area contributed by atoms with Gasteiger partial charge in [0.2, 0.25) is 0 Å². The molecule has 0 unspecified atom stereocenters. The lowest BCUT2D eigenvalue weighted by atomic mass is 10.2. The summed E-state index contributed by atoms with van der Waals surface area (Å²) < 4.78 is 1.41. The molecule has 1 amide bonds. The van der Waals surface area contributed by atoms with E-state index in [1.807, 2.05) is 25.1 Å². The number of nitrogens with one attached hydrogen (secondary N) is 1. The number of H-pyrrole nitrogens is 1. The van der Waals surface area contributed by atoms with E-state index in [4.69, 9.17) is 5.73 Å². The molecule has 7 nitrogen and oxygen atoms in total. The molecule has 0 radical (unpaired) electrons. The molecule has 0 aliphatic carbocycles. The van der Waals surface area contributed by atoms with Crippen LogP contribution in [-0.2, 0) is 0 Å². The van der Waals surface area contributed by atoms with Crippen LogP contribution in [0.1, 0.15) is 21.9 Å². The molecule has 3 N–H and O–H groups in total. The minimum atomic E-state index is -0.705. The average molecular weight is 283 g/mol. The smallest absolute Gasteiger partial charge is 0.332 e. The second-order valence-corrected chi connectivity index (χ2v) is 4.79. The summed E-state index contributed by atoms with van der Waals surface area (Å²) in [6, 6.07) is 7.43. The predicted molar refractivity (Wildman–Crippen MR) is 77.5 cm³/mol. The first kappa shape index (κ1) is 13.0. The largest absolute Gasteiger partial charge is 0.364 e. The molecule has 1 aromatic carbocycles. The van der Waals surface area contributed by atoms with E-state index in [0.717, 1.165) is 5.56 Å². The number of fused-ring (bicyclic) bond motifs is 1. The fraction of sp³-hybridized carbons (Fsp3) is 0.143. The number of nitrogens with two attached hydrogens (primary N) is 1. The van der Waals surface area contributed by atoms with Gasteiger partial charge in [-0.25, -0.2) is 19.3 Å². The Balaban J connectivity index is 2.42. The van der Waals surface area contributed by atoms with E-state index < -0.39 is 11.6 Å². The minimum Gasteiger partial charge on any atom is -0.364 e. The monoisotopic (exact) mass is 283 g/mol. The number of carbonyl (C=O) groups excluding carboxylic acids is 1. The zero-order valence-electron chi connectivity index (χ0n) is 11.5. The zero-order valence-corrected chi connectivity index (χ0v) is 11.5. The van der Waals surface area contributed by atoms with Gasteiger partial charge in [-0.1, -0.05) is 12.1 Å². The quantitative estimate of drug-likeness (QED) is 0.726. The van der Waals surface area contributed by atoms with Crippen LogP contribution in [0.4, 0.5) is 0 Å². The van der Waals surface area contributed by atoms with E-state index in [9.17, 15) is 9.59 Å². The van der Waals surface area contributed by atoms with Crippen LogP contribution in [0.25, 0.3) is 16.9 Å². The van der Waals surface area contributed by atoms with Crippen LogP contribution in [0.3, 0.4) is 0 Å². The maximum Gasteiger partial charge on any atom is 0.332 e. The molecule has 0 aliphatic rings. The number of aromatic amines is 1. The Bertz CT molecular complexity index is 923. The Labute approximate surface area is 119 Å². The third-order valence-corrected chi connectivity index (χ3v) is 3.14. The number of benzene rings is 1. The van der Waals surface area contributed by atoms with Crippen molar-refractivity contribution < 1.29 is 4.79 Å². The van der Waals surface area contributed by atoms with E-state index in [0.29, 0.717) is 17.2 Å². The van der Waals surface area contributed by atoms with Gasteiger partial charge in [0.25, 0.3) is 5.91 Å². The van der Waals surface area contributed by atoms with Gasteiger partial charge in [-0.05, 0) is 31.5 Å². The Morgan fingerprint density at radius 1 is 1.29 bits per heavy atom. The van der Waals surface area contributed by atoms with Crippen molar-refractivity contribution in [1.82, 2.24) is 19.5 Å². The number of carbonyl (C=O) groups is 1. The summed E-state index contributed by atoms with van der Waals surface area (Å²) in [5, 5.41) is 0. The summed E-state index contributed by atoms with van der Waals surface area (Å²) in [5.74, 6) is -0.333. The summed E-state index contributed by atoms with van der Waals surface area (Å²) >= 11 is 0. The van der Waals surface area contributed by atoms with Crippen LogP contribution in [0.5, 0.6) is 0 Å². The highest BCUT2D eigenvalue weighted by molar-refractivity contribution is 6.01. The van der Waals surface area contributed by atoms with Crippen molar-refractivity contribution in [3.8, 4) is 5.69 Å². The maximum absolute atomic E-state index is 12.2. The summed E-state index contributed by atoms with van der Waals surface area (Å²) in [6.07, 6.45) is 0. The molecule has 0 bridgehead atoms. The number of hydrogen-bond donors (Lipinski definition) is 2. The molecule has 2 aromatic heterocycles. The van der Waals surface area contributed by atoms with E-state index in [1.54, 1.807) is 13.0 Å². The number of aromatic nitrogens is 4. The summed E-state index contributed by atoms with van der Waals surface area (Å²) in [7, 11) is 0. The second kappa shape index (κ2) is 4.55. The molecule has 0 saturated heterocycles. The molecule has 7 heteroatoms. The molecule has 3 rings (SSSR count). The molecule has 0 atom stereocenters. The van der Waals surface area contributed by atoms with Gasteiger partial charge in [0.05, 0.1) is 5.69 Å². The molecule has 0 spiro atoms. The normalized spacial score (nSPS) is 11.0. The standard InChI is InChI=1S/C14H13N5O2/c1-7-4-3-5-9(6-7)19-13-11(18-14(19)21)10(12(15)20)16-8(2)17-13/h3-6H,1-2H3,(H2,15,20)(H,18,21). The van der Waals surface area contributed by atoms with Crippen LogP contribution in [0.15, 0.2) is 29.1 Å². The van der Waals surface area contributed by atoms with E-state index in [1.165, 1.54) is 4.57 Å². The first-order valence-corrected chi connectivity index (χ1v) is 6.33. The van der Waals surface area contributed by atoms with Crippen molar-refractivity contribution in [2.75, 3.05) is 0 Å². The van der Waals surface area contributed by atoms with Gasteiger partial charge in [-0.2, -0.15) is 0 Å². The van der Waals surface area contributed by atoms with Crippen molar-refractivity contribution in [2.45, 2.75) is 13.8 Å². The first-order chi connectivity index (χ1) is 9.97. The lowest BCUT2D eigenvalue weighted by molar-refractivity contribution is 0.0997. The van der Waals surface area contributed by atoms with E-state index in [2.05, 4.69) is 15.0 Å². The third kappa shape index (κ3) is 2.08. The molecule has 3 aromatic rings. The van der Waals surface area contributed by atoms with Gasteiger partial charge in [0.1, 0.15) is 11.3 Å². The summed E-state index contributed by atoms with van der Waals surface area (Å²) in [4.78, 5) is 34.6. The fourth-order valence-corrected chi connectivity index (χ4v) is 2.28. The lowest BCUT2D eigenvalue weighted by Gasteiger charge is -2.05. The maximum atomic E-state index is 12.2. The van der Waals surface area contributed by atoms with E-state index >= 15 is 0 Å². The molecule has 21 heavy (non-hydrogen) atoms. The molecule has 0 saturated carbocycles. The molecule has 2 heterocycles. The fourth-order valence-electron chi connectivity index (χ4n) is 2.28. The summed E-state index contributed by atoms with van der Waals surface area (Å²) in [5.41, 5.74) is 7.20. The average Bonchev–Trinajstić information content (AvgIpc) is 2.73.